The highest BCUT2D eigenvalue weighted by Crippen LogP contribution is 2.22. The molecule has 0 aliphatic heterocycles. The minimum absolute atomic E-state index is 0.0593. The molecule has 1 aromatic carbocycles. The van der Waals surface area contributed by atoms with Crippen LogP contribution in [0.15, 0.2) is 18.2 Å². The molecule has 0 heterocycles. The zero-order valence-electron chi connectivity index (χ0n) is 10.2. The van der Waals surface area contributed by atoms with Crippen LogP contribution in [0.3, 0.4) is 0 Å². The molecule has 0 fully saturated rings. The Morgan fingerprint density at radius 1 is 1.29 bits per heavy atom. The molecule has 96 valence electrons. The zero-order valence-corrected chi connectivity index (χ0v) is 11.8. The molecule has 0 bridgehead atoms. The van der Waals surface area contributed by atoms with Crippen LogP contribution in [-0.4, -0.2) is 18.8 Å². The van der Waals surface area contributed by atoms with Crippen LogP contribution in [0.5, 0.6) is 0 Å². The van der Waals surface area contributed by atoms with Crippen LogP contribution in [-0.2, 0) is 11.2 Å². The van der Waals surface area contributed by atoms with Crippen LogP contribution in [0.1, 0.15) is 25.8 Å². The van der Waals surface area contributed by atoms with Crippen molar-refractivity contribution in [1.82, 2.24) is 0 Å². The van der Waals surface area contributed by atoms with Gasteiger partial charge in [-0.1, -0.05) is 30.1 Å². The van der Waals surface area contributed by atoms with Crippen molar-refractivity contribution < 1.29 is 4.74 Å². The summed E-state index contributed by atoms with van der Waals surface area (Å²) in [5.41, 5.74) is 7.12. The van der Waals surface area contributed by atoms with Crippen molar-refractivity contribution in [2.24, 2.45) is 5.73 Å². The van der Waals surface area contributed by atoms with Crippen LogP contribution in [0.4, 0.5) is 0 Å². The first kappa shape index (κ1) is 14.8. The molecule has 2 nitrogen and oxygen atoms in total. The highest BCUT2D eigenvalue weighted by Gasteiger charge is 2.17. The Balaban J connectivity index is 2.72. The Bertz CT molecular complexity index is 357. The lowest BCUT2D eigenvalue weighted by molar-refractivity contribution is 0.0417. The molecule has 0 radical (unpaired) electrons. The zero-order chi connectivity index (χ0) is 12.8. The van der Waals surface area contributed by atoms with Crippen LogP contribution < -0.4 is 5.73 Å². The maximum atomic E-state index is 6.14. The molecule has 0 spiro atoms. The normalized spacial score (nSPS) is 14.6. The summed E-state index contributed by atoms with van der Waals surface area (Å²) in [7, 11) is 0. The second-order valence-corrected chi connectivity index (χ2v) is 4.85. The van der Waals surface area contributed by atoms with Gasteiger partial charge in [0.15, 0.2) is 0 Å². The Morgan fingerprint density at radius 3 is 2.59 bits per heavy atom. The van der Waals surface area contributed by atoms with Gasteiger partial charge in [0.05, 0.1) is 6.10 Å². The summed E-state index contributed by atoms with van der Waals surface area (Å²) in [4.78, 5) is 0. The van der Waals surface area contributed by atoms with Gasteiger partial charge in [0.2, 0.25) is 0 Å². The van der Waals surface area contributed by atoms with E-state index in [1.165, 1.54) is 0 Å². The van der Waals surface area contributed by atoms with E-state index in [-0.39, 0.29) is 12.1 Å². The van der Waals surface area contributed by atoms with E-state index in [4.69, 9.17) is 33.7 Å². The van der Waals surface area contributed by atoms with Gasteiger partial charge in [-0.15, -0.1) is 0 Å². The van der Waals surface area contributed by atoms with Crippen molar-refractivity contribution in [2.45, 2.75) is 38.8 Å². The Hall–Kier alpha value is -0.280. The summed E-state index contributed by atoms with van der Waals surface area (Å²) >= 11 is 12.1. The molecule has 2 N–H and O–H groups in total. The summed E-state index contributed by atoms with van der Waals surface area (Å²) in [6, 6.07) is 5.38. The number of rotatable bonds is 6. The number of hydrogen-bond donors (Lipinski definition) is 1. The number of benzene rings is 1. The van der Waals surface area contributed by atoms with E-state index in [1.807, 2.05) is 13.0 Å². The molecule has 0 amide bonds. The van der Waals surface area contributed by atoms with Gasteiger partial charge in [-0.2, -0.15) is 0 Å². The second-order valence-electron chi connectivity index (χ2n) is 4.01. The molecule has 0 aromatic heterocycles. The molecule has 1 aromatic rings. The minimum atomic E-state index is -0.0593. The summed E-state index contributed by atoms with van der Waals surface area (Å²) in [5.74, 6) is 0. The molecule has 0 aliphatic carbocycles. The highest BCUT2D eigenvalue weighted by atomic mass is 35.5. The quantitative estimate of drug-likeness (QED) is 0.860. The van der Waals surface area contributed by atoms with E-state index in [0.29, 0.717) is 23.1 Å². The molecule has 0 aliphatic rings. The van der Waals surface area contributed by atoms with Crippen LogP contribution in [0.2, 0.25) is 10.0 Å². The third-order valence-electron chi connectivity index (χ3n) is 2.72. The van der Waals surface area contributed by atoms with Gasteiger partial charge in [0.1, 0.15) is 0 Å². The molecule has 17 heavy (non-hydrogen) atoms. The monoisotopic (exact) mass is 275 g/mol. The molecule has 0 saturated carbocycles. The number of ether oxygens (including phenoxy) is 1. The van der Waals surface area contributed by atoms with Gasteiger partial charge in [0, 0.05) is 22.7 Å². The fourth-order valence-corrected chi connectivity index (χ4v) is 2.23. The summed E-state index contributed by atoms with van der Waals surface area (Å²) in [5, 5.41) is 1.39. The third-order valence-corrected chi connectivity index (χ3v) is 3.33. The van der Waals surface area contributed by atoms with Gasteiger partial charge in [-0.25, -0.2) is 0 Å². The largest absolute Gasteiger partial charge is 0.377 e. The first-order valence-corrected chi connectivity index (χ1v) is 6.65. The molecular weight excluding hydrogens is 257 g/mol. The standard InChI is InChI=1S/C13H19Cl2NO/c1-3-13(17-4-2)12(16)8-9-7-10(14)5-6-11(9)15/h5-7,12-13H,3-4,8,16H2,1-2H3. The lowest BCUT2D eigenvalue weighted by atomic mass is 10.0. The first-order chi connectivity index (χ1) is 8.08. The van der Waals surface area contributed by atoms with E-state index < -0.39 is 0 Å². The van der Waals surface area contributed by atoms with E-state index >= 15 is 0 Å². The first-order valence-electron chi connectivity index (χ1n) is 5.89. The summed E-state index contributed by atoms with van der Waals surface area (Å²) in [6.45, 7) is 4.72. The van der Waals surface area contributed by atoms with Gasteiger partial charge in [-0.3, -0.25) is 0 Å². The molecule has 1 rings (SSSR count). The molecule has 0 saturated heterocycles. The molecule has 2 unspecified atom stereocenters. The van der Waals surface area contributed by atoms with Crippen molar-refractivity contribution in [3.63, 3.8) is 0 Å². The maximum absolute atomic E-state index is 6.14. The van der Waals surface area contributed by atoms with Crippen molar-refractivity contribution in [3.8, 4) is 0 Å². The van der Waals surface area contributed by atoms with E-state index in [2.05, 4.69) is 6.92 Å². The Kier molecular flexibility index (Phi) is 6.28. The highest BCUT2D eigenvalue weighted by molar-refractivity contribution is 6.33. The van der Waals surface area contributed by atoms with Gasteiger partial charge in [0.25, 0.3) is 0 Å². The van der Waals surface area contributed by atoms with E-state index in [1.54, 1.807) is 12.1 Å². The average Bonchev–Trinajstić information content (AvgIpc) is 2.30. The third kappa shape index (κ3) is 4.47. The SMILES string of the molecule is CCOC(CC)C(N)Cc1cc(Cl)ccc1Cl. The molecular formula is C13H19Cl2NO. The lowest BCUT2D eigenvalue weighted by Gasteiger charge is -2.23. The Labute approximate surface area is 113 Å². The molecule has 4 heteroatoms. The summed E-state index contributed by atoms with van der Waals surface area (Å²) < 4.78 is 5.59. The smallest absolute Gasteiger partial charge is 0.0726 e. The van der Waals surface area contributed by atoms with Crippen molar-refractivity contribution >= 4 is 23.2 Å². The second kappa shape index (κ2) is 7.22. The number of halogens is 2. The van der Waals surface area contributed by atoms with E-state index in [9.17, 15) is 0 Å². The fraction of sp³-hybridized carbons (Fsp3) is 0.538. The van der Waals surface area contributed by atoms with Gasteiger partial charge < -0.3 is 10.5 Å². The predicted octanol–water partition coefficient (Wildman–Crippen LogP) is 3.68. The number of hydrogen-bond acceptors (Lipinski definition) is 2. The summed E-state index contributed by atoms with van der Waals surface area (Å²) in [6.07, 6.45) is 1.64. The van der Waals surface area contributed by atoms with Gasteiger partial charge in [-0.05, 0) is 43.5 Å². The van der Waals surface area contributed by atoms with Crippen molar-refractivity contribution in [3.05, 3.63) is 33.8 Å². The average molecular weight is 276 g/mol. The van der Waals surface area contributed by atoms with Gasteiger partial charge >= 0.3 is 0 Å². The maximum Gasteiger partial charge on any atom is 0.0726 e. The van der Waals surface area contributed by atoms with Crippen LogP contribution in [0, 0.1) is 0 Å². The molecule has 2 atom stereocenters. The van der Waals surface area contributed by atoms with Crippen molar-refractivity contribution in [1.29, 1.82) is 0 Å². The van der Waals surface area contributed by atoms with E-state index in [0.717, 1.165) is 12.0 Å². The van der Waals surface area contributed by atoms with Crippen LogP contribution >= 0.6 is 23.2 Å². The Morgan fingerprint density at radius 2 is 2.00 bits per heavy atom. The lowest BCUT2D eigenvalue weighted by Crippen LogP contribution is -2.38. The predicted molar refractivity (Wildman–Crippen MR) is 73.8 cm³/mol. The van der Waals surface area contributed by atoms with Crippen molar-refractivity contribution in [2.75, 3.05) is 6.61 Å². The minimum Gasteiger partial charge on any atom is -0.377 e. The number of nitrogens with two attached hydrogens (primary N) is 1. The fourth-order valence-electron chi connectivity index (χ4n) is 1.84. The van der Waals surface area contributed by atoms with Crippen LogP contribution in [0.25, 0.3) is 0 Å². The topological polar surface area (TPSA) is 35.2 Å².